The zero-order valence-electron chi connectivity index (χ0n) is 14.0. The van der Waals surface area contributed by atoms with E-state index in [1.807, 2.05) is 0 Å². The van der Waals surface area contributed by atoms with Crippen molar-refractivity contribution in [2.45, 2.75) is 0 Å². The molecule has 2 aromatic carbocycles. The van der Waals surface area contributed by atoms with E-state index in [1.165, 1.54) is 24.4 Å². The summed E-state index contributed by atoms with van der Waals surface area (Å²) in [7, 11) is 0. The first-order valence-electron chi connectivity index (χ1n) is 7.75. The summed E-state index contributed by atoms with van der Waals surface area (Å²) in [5, 5.41) is 14.7. The zero-order valence-corrected chi connectivity index (χ0v) is 14.0. The number of halogens is 1. The summed E-state index contributed by atoms with van der Waals surface area (Å²) in [6.07, 6.45) is 1.28. The maximum Gasteiger partial charge on any atom is 0.341 e. The van der Waals surface area contributed by atoms with E-state index in [4.69, 9.17) is 9.84 Å². The van der Waals surface area contributed by atoms with Crippen LogP contribution in [0.2, 0.25) is 0 Å². The van der Waals surface area contributed by atoms with Crippen LogP contribution in [0.5, 0.6) is 5.75 Å². The van der Waals surface area contributed by atoms with Crippen LogP contribution in [0, 0.1) is 5.82 Å². The highest BCUT2D eigenvalue weighted by Gasteiger charge is 2.08. The number of carboxylic acids is 1. The van der Waals surface area contributed by atoms with Crippen molar-refractivity contribution in [3.05, 3.63) is 65.5 Å². The molecule has 3 N–H and O–H groups in total. The van der Waals surface area contributed by atoms with Crippen molar-refractivity contribution < 1.29 is 28.6 Å². The molecular formula is C18H16FN3O5. The molecule has 0 radical (unpaired) electrons. The van der Waals surface area contributed by atoms with Gasteiger partial charge in [0.1, 0.15) is 11.6 Å². The van der Waals surface area contributed by atoms with Crippen molar-refractivity contribution in [3.8, 4) is 5.75 Å². The number of rotatable bonds is 8. The summed E-state index contributed by atoms with van der Waals surface area (Å²) >= 11 is 0. The van der Waals surface area contributed by atoms with Gasteiger partial charge in [-0.15, -0.1) is 0 Å². The molecule has 0 aliphatic rings. The zero-order chi connectivity index (χ0) is 19.6. The lowest BCUT2D eigenvalue weighted by atomic mass is 10.2. The fraction of sp³-hybridized carbons (Fsp3) is 0.111. The number of amides is 2. The smallest absolute Gasteiger partial charge is 0.341 e. The molecule has 0 aromatic heterocycles. The Labute approximate surface area is 153 Å². The first kappa shape index (κ1) is 19.6. The maximum atomic E-state index is 13.1. The predicted molar refractivity (Wildman–Crippen MR) is 94.0 cm³/mol. The molecule has 0 spiro atoms. The van der Waals surface area contributed by atoms with E-state index < -0.39 is 30.2 Å². The minimum Gasteiger partial charge on any atom is -0.481 e. The van der Waals surface area contributed by atoms with Crippen LogP contribution in [-0.2, 0) is 9.59 Å². The van der Waals surface area contributed by atoms with E-state index in [0.29, 0.717) is 5.56 Å². The summed E-state index contributed by atoms with van der Waals surface area (Å²) < 4.78 is 18.2. The van der Waals surface area contributed by atoms with Gasteiger partial charge in [-0.3, -0.25) is 9.59 Å². The minimum atomic E-state index is -1.12. The van der Waals surface area contributed by atoms with Crippen LogP contribution in [-0.4, -0.2) is 42.3 Å². The predicted octanol–water partition coefficient (Wildman–Crippen LogP) is 1.17. The second kappa shape index (κ2) is 9.66. The fourth-order valence-corrected chi connectivity index (χ4v) is 1.96. The molecule has 27 heavy (non-hydrogen) atoms. The van der Waals surface area contributed by atoms with Gasteiger partial charge in [-0.05, 0) is 30.3 Å². The van der Waals surface area contributed by atoms with Gasteiger partial charge in [0.25, 0.3) is 11.8 Å². The fourth-order valence-electron chi connectivity index (χ4n) is 1.96. The van der Waals surface area contributed by atoms with E-state index in [-0.39, 0.29) is 17.9 Å². The molecule has 0 saturated carbocycles. The minimum absolute atomic E-state index is 0.0933. The Bertz CT molecular complexity index is 870. The van der Waals surface area contributed by atoms with Gasteiger partial charge >= 0.3 is 5.97 Å². The lowest BCUT2D eigenvalue weighted by molar-refractivity contribution is -0.139. The van der Waals surface area contributed by atoms with Crippen LogP contribution < -0.4 is 15.5 Å². The third-order valence-electron chi connectivity index (χ3n) is 3.16. The number of carboxylic acid groups (broad SMARTS) is 1. The molecular weight excluding hydrogens is 357 g/mol. The Hall–Kier alpha value is -3.75. The summed E-state index contributed by atoms with van der Waals surface area (Å²) in [6, 6.07) is 11.6. The van der Waals surface area contributed by atoms with Crippen LogP contribution >= 0.6 is 0 Å². The summed E-state index contributed by atoms with van der Waals surface area (Å²) in [4.78, 5) is 34.1. The Kier molecular flexibility index (Phi) is 7.00. The molecule has 8 nitrogen and oxygen atoms in total. The van der Waals surface area contributed by atoms with E-state index in [0.717, 1.165) is 6.07 Å². The van der Waals surface area contributed by atoms with Gasteiger partial charge in [-0.1, -0.05) is 18.2 Å². The van der Waals surface area contributed by atoms with Gasteiger partial charge in [0.15, 0.2) is 6.61 Å². The lowest BCUT2D eigenvalue weighted by Crippen LogP contribution is -2.34. The van der Waals surface area contributed by atoms with E-state index in [2.05, 4.69) is 15.8 Å². The normalized spacial score (nSPS) is 10.4. The topological polar surface area (TPSA) is 117 Å². The van der Waals surface area contributed by atoms with Gasteiger partial charge in [-0.2, -0.15) is 5.10 Å². The van der Waals surface area contributed by atoms with Gasteiger partial charge < -0.3 is 15.2 Å². The highest BCUT2D eigenvalue weighted by molar-refractivity contribution is 5.96. The molecule has 0 atom stereocenters. The average Bonchev–Trinajstić information content (AvgIpc) is 2.65. The number of hydrogen-bond donors (Lipinski definition) is 3. The number of carbonyl (C=O) groups is 3. The molecule has 0 fully saturated rings. The average molecular weight is 373 g/mol. The number of carbonyl (C=O) groups excluding carboxylic acids is 2. The summed E-state index contributed by atoms with van der Waals surface area (Å²) in [5.41, 5.74) is 2.77. The van der Waals surface area contributed by atoms with E-state index >= 15 is 0 Å². The Morgan fingerprint density at radius 1 is 1.15 bits per heavy atom. The van der Waals surface area contributed by atoms with E-state index in [9.17, 15) is 18.8 Å². The van der Waals surface area contributed by atoms with Gasteiger partial charge in [0.2, 0.25) is 0 Å². The van der Waals surface area contributed by atoms with E-state index in [1.54, 1.807) is 24.3 Å². The third kappa shape index (κ3) is 6.58. The quantitative estimate of drug-likeness (QED) is 0.474. The van der Waals surface area contributed by atoms with Crippen LogP contribution in [0.1, 0.15) is 15.9 Å². The highest BCUT2D eigenvalue weighted by atomic mass is 19.1. The summed E-state index contributed by atoms with van der Waals surface area (Å²) in [5.74, 6) is -2.58. The summed E-state index contributed by atoms with van der Waals surface area (Å²) in [6.45, 7) is -0.868. The molecule has 2 amide bonds. The van der Waals surface area contributed by atoms with Gasteiger partial charge in [0.05, 0.1) is 12.8 Å². The molecule has 0 aliphatic carbocycles. The second-order valence-corrected chi connectivity index (χ2v) is 5.21. The molecule has 2 rings (SSSR count). The van der Waals surface area contributed by atoms with Crippen molar-refractivity contribution in [2.24, 2.45) is 5.10 Å². The lowest BCUT2D eigenvalue weighted by Gasteiger charge is -2.06. The third-order valence-corrected chi connectivity index (χ3v) is 3.16. The Morgan fingerprint density at radius 3 is 2.67 bits per heavy atom. The molecule has 0 heterocycles. The number of aliphatic carboxylic acids is 1. The first-order chi connectivity index (χ1) is 13.0. The second-order valence-electron chi connectivity index (χ2n) is 5.21. The first-order valence-corrected chi connectivity index (χ1v) is 7.75. The number of para-hydroxylation sites is 1. The van der Waals surface area contributed by atoms with Crippen molar-refractivity contribution >= 4 is 24.0 Å². The Balaban J connectivity index is 1.85. The van der Waals surface area contributed by atoms with Crippen LogP contribution in [0.4, 0.5) is 4.39 Å². The van der Waals surface area contributed by atoms with Crippen molar-refractivity contribution in [2.75, 3.05) is 13.2 Å². The number of nitrogens with one attached hydrogen (secondary N) is 2. The number of nitrogens with zero attached hydrogens (tertiary/aromatic N) is 1. The van der Waals surface area contributed by atoms with Gasteiger partial charge in [-0.25, -0.2) is 14.6 Å². The van der Waals surface area contributed by atoms with Crippen molar-refractivity contribution in [1.29, 1.82) is 0 Å². The number of ether oxygens (including phenoxy) is 1. The number of hydrogen-bond acceptors (Lipinski definition) is 5. The standard InChI is InChI=1S/C18H16FN3O5/c19-14-6-3-5-12(8-14)18(26)20-10-16(23)22-21-9-13-4-1-2-7-15(13)27-11-17(24)25/h1-9H,10-11H2,(H,20,26)(H,22,23)(H,24,25). The molecule has 140 valence electrons. The van der Waals surface area contributed by atoms with Crippen LogP contribution in [0.25, 0.3) is 0 Å². The van der Waals surface area contributed by atoms with Crippen molar-refractivity contribution in [1.82, 2.24) is 10.7 Å². The molecule has 9 heteroatoms. The monoisotopic (exact) mass is 373 g/mol. The highest BCUT2D eigenvalue weighted by Crippen LogP contribution is 2.15. The van der Waals surface area contributed by atoms with Crippen LogP contribution in [0.3, 0.4) is 0 Å². The molecule has 0 saturated heterocycles. The van der Waals surface area contributed by atoms with Gasteiger partial charge in [0, 0.05) is 11.1 Å². The van der Waals surface area contributed by atoms with Crippen molar-refractivity contribution in [3.63, 3.8) is 0 Å². The largest absolute Gasteiger partial charge is 0.481 e. The molecule has 0 aliphatic heterocycles. The Morgan fingerprint density at radius 2 is 1.93 bits per heavy atom. The van der Waals surface area contributed by atoms with Crippen LogP contribution in [0.15, 0.2) is 53.6 Å². The SMILES string of the molecule is O=C(O)COc1ccccc1C=NNC(=O)CNC(=O)c1cccc(F)c1. The maximum absolute atomic E-state index is 13.1. The number of hydrazone groups is 1. The number of benzene rings is 2. The molecule has 2 aromatic rings. The molecule has 0 unspecified atom stereocenters. The molecule has 0 bridgehead atoms.